The van der Waals surface area contributed by atoms with E-state index in [1.165, 1.54) is 6.92 Å². The summed E-state index contributed by atoms with van der Waals surface area (Å²) in [5, 5.41) is 0. The van der Waals surface area contributed by atoms with Crippen LogP contribution < -0.4 is 0 Å². The van der Waals surface area contributed by atoms with Gasteiger partial charge in [0, 0.05) is 22.1 Å². The minimum absolute atomic E-state index is 0. The summed E-state index contributed by atoms with van der Waals surface area (Å²) in [6.07, 6.45) is 0.00304. The number of benzene rings is 1. The smallest absolute Gasteiger partial charge is 0.170 e. The van der Waals surface area contributed by atoms with Gasteiger partial charge in [-0.2, -0.15) is 0 Å². The van der Waals surface area contributed by atoms with E-state index in [2.05, 4.69) is 0 Å². The quantitative estimate of drug-likeness (QED) is 0.457. The average molecular weight is 235 g/mol. The molecule has 3 heteroatoms. The van der Waals surface area contributed by atoms with Crippen LogP contribution in [-0.2, 0) is 21.3 Å². The van der Waals surface area contributed by atoms with Gasteiger partial charge >= 0.3 is 0 Å². The third kappa shape index (κ3) is 3.84. The van der Waals surface area contributed by atoms with Crippen LogP contribution in [0.1, 0.15) is 29.3 Å². The second kappa shape index (κ2) is 5.71. The molecule has 1 rings (SSSR count). The van der Waals surface area contributed by atoms with Crippen molar-refractivity contribution in [1.29, 1.82) is 0 Å². The first-order valence-corrected chi connectivity index (χ1v) is 4.19. The van der Waals surface area contributed by atoms with Gasteiger partial charge in [0.2, 0.25) is 0 Å². The van der Waals surface area contributed by atoms with E-state index in [-0.39, 0.29) is 34.5 Å². The molecule has 0 unspecified atom stereocenters. The van der Waals surface area contributed by atoms with Crippen LogP contribution in [0.5, 0.6) is 0 Å². The molecule has 0 aromatic heterocycles. The van der Waals surface area contributed by atoms with Gasteiger partial charge in [-0.05, 0) is 13.8 Å². The molecule has 2 nitrogen and oxygen atoms in total. The molecular weight excluding hydrogens is 223 g/mol. The van der Waals surface area contributed by atoms with Crippen LogP contribution >= 0.6 is 0 Å². The summed E-state index contributed by atoms with van der Waals surface area (Å²) in [6, 6.07) is 7.24. The Morgan fingerprint density at radius 1 is 1.14 bits per heavy atom. The van der Waals surface area contributed by atoms with Crippen molar-refractivity contribution < 1.29 is 26.1 Å². The molecule has 0 aliphatic rings. The van der Waals surface area contributed by atoms with E-state index >= 15 is 0 Å². The number of Topliss-reactive ketones (excluding diaryl/α,β-unsaturated/α-hetero) is 2. The molecule has 0 bridgehead atoms. The minimum atomic E-state index is -0.104. The molecule has 0 aliphatic heterocycles. The van der Waals surface area contributed by atoms with Gasteiger partial charge in [0.25, 0.3) is 0 Å². The molecule has 1 aromatic rings. The van der Waals surface area contributed by atoms with Crippen molar-refractivity contribution in [3.8, 4) is 0 Å². The van der Waals surface area contributed by atoms with E-state index in [0.717, 1.165) is 5.56 Å². The molecule has 0 radical (unpaired) electrons. The molecule has 1 aromatic carbocycles. The van der Waals surface area contributed by atoms with Gasteiger partial charge in [0.15, 0.2) is 5.78 Å². The third-order valence-corrected chi connectivity index (χ3v) is 1.78. The number of hydrogen-bond donors (Lipinski definition) is 0. The van der Waals surface area contributed by atoms with Crippen molar-refractivity contribution in [3.05, 3.63) is 35.4 Å². The van der Waals surface area contributed by atoms with Crippen LogP contribution in [0.15, 0.2) is 24.3 Å². The fourth-order valence-corrected chi connectivity index (χ4v) is 1.07. The topological polar surface area (TPSA) is 34.1 Å². The fourth-order valence-electron chi connectivity index (χ4n) is 1.07. The van der Waals surface area contributed by atoms with Crippen LogP contribution in [0, 0.1) is 6.92 Å². The van der Waals surface area contributed by atoms with Crippen molar-refractivity contribution in [2.75, 3.05) is 0 Å². The summed E-state index contributed by atoms with van der Waals surface area (Å²) in [6.45, 7) is 3.38. The molecule has 14 heavy (non-hydrogen) atoms. The van der Waals surface area contributed by atoms with Crippen LogP contribution in [0.2, 0.25) is 0 Å². The van der Waals surface area contributed by atoms with Crippen molar-refractivity contribution >= 4 is 11.6 Å². The molecule has 0 saturated carbocycles. The Morgan fingerprint density at radius 2 is 1.64 bits per heavy atom. The summed E-state index contributed by atoms with van der Waals surface area (Å²) in [5.41, 5.74) is 1.72. The zero-order chi connectivity index (χ0) is 9.84. The van der Waals surface area contributed by atoms with Crippen molar-refractivity contribution in [1.82, 2.24) is 0 Å². The Balaban J connectivity index is 0.00000169. The largest absolute Gasteiger partial charge is 0.300 e. The van der Waals surface area contributed by atoms with E-state index in [1.807, 2.05) is 19.1 Å². The monoisotopic (exact) mass is 234 g/mol. The van der Waals surface area contributed by atoms with Crippen molar-refractivity contribution in [3.63, 3.8) is 0 Å². The number of ketones is 2. The standard InChI is InChI=1S/C11H12O2.Ni/c1-8-3-5-10(6-4-8)11(13)7-9(2)12;/h3-6H,7H2,1-2H3;. The predicted molar refractivity (Wildman–Crippen MR) is 50.8 cm³/mol. The van der Waals surface area contributed by atoms with E-state index in [4.69, 9.17) is 0 Å². The molecule has 0 fully saturated rings. The Morgan fingerprint density at radius 3 is 2.07 bits per heavy atom. The van der Waals surface area contributed by atoms with Crippen LogP contribution in [0.3, 0.4) is 0 Å². The Hall–Kier alpha value is -0.946. The van der Waals surface area contributed by atoms with Gasteiger partial charge in [-0.3, -0.25) is 9.59 Å². The Kier molecular flexibility index (Phi) is 5.33. The fraction of sp³-hybridized carbons (Fsp3) is 0.273. The van der Waals surface area contributed by atoms with E-state index in [0.29, 0.717) is 5.56 Å². The van der Waals surface area contributed by atoms with E-state index in [1.54, 1.807) is 12.1 Å². The molecule has 78 valence electrons. The normalized spacial score (nSPS) is 9.00. The predicted octanol–water partition coefficient (Wildman–Crippen LogP) is 2.15. The summed E-state index contributed by atoms with van der Waals surface area (Å²) >= 11 is 0. The van der Waals surface area contributed by atoms with Crippen molar-refractivity contribution in [2.45, 2.75) is 20.3 Å². The molecule has 0 atom stereocenters. The maximum atomic E-state index is 11.3. The van der Waals surface area contributed by atoms with Gasteiger partial charge in [-0.1, -0.05) is 29.8 Å². The molecule has 0 N–H and O–H groups in total. The van der Waals surface area contributed by atoms with Gasteiger partial charge in [0.05, 0.1) is 6.42 Å². The molecule has 0 amide bonds. The maximum absolute atomic E-state index is 11.3. The summed E-state index contributed by atoms with van der Waals surface area (Å²) in [5.74, 6) is -0.196. The first-order valence-electron chi connectivity index (χ1n) is 4.19. The first kappa shape index (κ1) is 13.1. The minimum Gasteiger partial charge on any atom is -0.300 e. The zero-order valence-electron chi connectivity index (χ0n) is 8.15. The van der Waals surface area contributed by atoms with Gasteiger partial charge in [0.1, 0.15) is 5.78 Å². The van der Waals surface area contributed by atoms with Gasteiger partial charge in [-0.25, -0.2) is 0 Å². The van der Waals surface area contributed by atoms with E-state index in [9.17, 15) is 9.59 Å². The number of carbonyl (C=O) groups excluding carboxylic acids is 2. The summed E-state index contributed by atoms with van der Waals surface area (Å²) in [4.78, 5) is 22.0. The molecule has 0 heterocycles. The molecular formula is C11H12NiO2. The van der Waals surface area contributed by atoms with Crippen LogP contribution in [0.4, 0.5) is 0 Å². The second-order valence-electron chi connectivity index (χ2n) is 3.17. The average Bonchev–Trinajstić information content (AvgIpc) is 2.04. The first-order chi connectivity index (χ1) is 6.09. The number of hydrogen-bond acceptors (Lipinski definition) is 2. The van der Waals surface area contributed by atoms with Crippen LogP contribution in [0.25, 0.3) is 0 Å². The van der Waals surface area contributed by atoms with E-state index < -0.39 is 0 Å². The third-order valence-electron chi connectivity index (χ3n) is 1.78. The molecule has 0 spiro atoms. The summed E-state index contributed by atoms with van der Waals surface area (Å²) in [7, 11) is 0. The molecule has 0 aliphatic carbocycles. The van der Waals surface area contributed by atoms with Gasteiger partial charge in [-0.15, -0.1) is 0 Å². The Labute approximate surface area is 93.6 Å². The van der Waals surface area contributed by atoms with Crippen LogP contribution in [-0.4, -0.2) is 11.6 Å². The van der Waals surface area contributed by atoms with Crippen molar-refractivity contribution in [2.24, 2.45) is 0 Å². The SMILES string of the molecule is CC(=O)CC(=O)c1ccc(C)cc1.[Ni]. The number of aryl methyl sites for hydroxylation is 1. The Bertz CT molecular complexity index is 328. The van der Waals surface area contributed by atoms with Gasteiger partial charge < -0.3 is 0 Å². The number of rotatable bonds is 3. The summed E-state index contributed by atoms with van der Waals surface area (Å²) < 4.78 is 0. The maximum Gasteiger partial charge on any atom is 0.170 e. The molecule has 0 saturated heterocycles. The number of carbonyl (C=O) groups is 2. The second-order valence-corrected chi connectivity index (χ2v) is 3.17. The zero-order valence-corrected chi connectivity index (χ0v) is 9.14.